The zero-order chi connectivity index (χ0) is 7.98. The molecule has 0 fully saturated rings. The molecule has 0 aromatic carbocycles. The van der Waals surface area contributed by atoms with Crippen LogP contribution in [0.25, 0.3) is 0 Å². The van der Waals surface area contributed by atoms with Gasteiger partial charge in [0, 0.05) is 13.1 Å². The molecule has 1 N–H and O–H groups in total. The lowest BCUT2D eigenvalue weighted by Crippen LogP contribution is -2.32. The highest BCUT2D eigenvalue weighted by atomic mass is 15.0. The monoisotopic (exact) mass is 142 g/mol. The molecule has 0 saturated carbocycles. The van der Waals surface area contributed by atoms with Gasteiger partial charge in [-0.05, 0) is 12.8 Å². The first-order valence-electron chi connectivity index (χ1n) is 4.04. The zero-order valence-corrected chi connectivity index (χ0v) is 7.44. The van der Waals surface area contributed by atoms with Crippen LogP contribution < -0.4 is 5.32 Å². The van der Waals surface area contributed by atoms with Crippen molar-refractivity contribution in [3.05, 3.63) is 0 Å². The summed E-state index contributed by atoms with van der Waals surface area (Å²) in [7, 11) is 0. The van der Waals surface area contributed by atoms with E-state index in [2.05, 4.69) is 17.2 Å². The number of rotatable bonds is 0. The quantitative estimate of drug-likeness (QED) is 0.546. The molecular weight excluding hydrogens is 124 g/mol. The number of aliphatic imine (C=N–C) groups is 1. The minimum Gasteiger partial charge on any atom is -0.374 e. The third kappa shape index (κ3) is 3.49. The van der Waals surface area contributed by atoms with Crippen LogP contribution in [0.2, 0.25) is 0 Å². The van der Waals surface area contributed by atoms with E-state index < -0.39 is 0 Å². The summed E-state index contributed by atoms with van der Waals surface area (Å²) in [6, 6.07) is 0. The Hall–Kier alpha value is -0.530. The Balaban J connectivity index is 0.000000371. The van der Waals surface area contributed by atoms with E-state index in [1.54, 1.807) is 0 Å². The van der Waals surface area contributed by atoms with Gasteiger partial charge in [-0.25, -0.2) is 0 Å². The van der Waals surface area contributed by atoms with E-state index in [0.717, 1.165) is 24.8 Å². The van der Waals surface area contributed by atoms with Gasteiger partial charge in [0.25, 0.3) is 0 Å². The van der Waals surface area contributed by atoms with Crippen molar-refractivity contribution in [1.82, 2.24) is 5.32 Å². The molecule has 1 aliphatic heterocycles. The van der Waals surface area contributed by atoms with Crippen molar-refractivity contribution >= 4 is 5.84 Å². The lowest BCUT2D eigenvalue weighted by atomic mass is 10.1. The van der Waals surface area contributed by atoms with Crippen molar-refractivity contribution in [2.24, 2.45) is 10.9 Å². The Bertz CT molecular complexity index is 108. The van der Waals surface area contributed by atoms with Gasteiger partial charge < -0.3 is 5.32 Å². The van der Waals surface area contributed by atoms with Gasteiger partial charge in [-0.3, -0.25) is 4.99 Å². The summed E-state index contributed by atoms with van der Waals surface area (Å²) in [5, 5.41) is 3.18. The second-order valence-electron chi connectivity index (χ2n) is 2.41. The van der Waals surface area contributed by atoms with Gasteiger partial charge in [-0.1, -0.05) is 20.8 Å². The van der Waals surface area contributed by atoms with E-state index in [9.17, 15) is 0 Å². The maximum absolute atomic E-state index is 4.22. The molecule has 0 radical (unpaired) electrons. The first-order valence-corrected chi connectivity index (χ1v) is 4.04. The van der Waals surface area contributed by atoms with Crippen LogP contribution >= 0.6 is 0 Å². The molecule has 0 aliphatic carbocycles. The summed E-state index contributed by atoms with van der Waals surface area (Å²) >= 11 is 0. The van der Waals surface area contributed by atoms with E-state index in [-0.39, 0.29) is 0 Å². The van der Waals surface area contributed by atoms with Gasteiger partial charge in [-0.2, -0.15) is 0 Å². The summed E-state index contributed by atoms with van der Waals surface area (Å²) in [5.74, 6) is 1.81. The fourth-order valence-corrected chi connectivity index (χ4v) is 0.735. The van der Waals surface area contributed by atoms with Crippen molar-refractivity contribution in [1.29, 1.82) is 0 Å². The summed E-state index contributed by atoms with van der Waals surface area (Å²) in [6.45, 7) is 10.3. The van der Waals surface area contributed by atoms with Crippen LogP contribution in [0.3, 0.4) is 0 Å². The summed E-state index contributed by atoms with van der Waals surface area (Å²) in [6.07, 6.45) is 0. The Morgan fingerprint density at radius 3 is 2.40 bits per heavy atom. The van der Waals surface area contributed by atoms with E-state index in [0.29, 0.717) is 0 Å². The Labute approximate surface area is 63.7 Å². The van der Waals surface area contributed by atoms with Crippen molar-refractivity contribution in [3.8, 4) is 0 Å². The van der Waals surface area contributed by atoms with Gasteiger partial charge in [0.15, 0.2) is 0 Å². The fourth-order valence-electron chi connectivity index (χ4n) is 0.735. The number of amidine groups is 1. The Morgan fingerprint density at radius 2 is 2.10 bits per heavy atom. The van der Waals surface area contributed by atoms with Gasteiger partial charge in [0.1, 0.15) is 0 Å². The van der Waals surface area contributed by atoms with Gasteiger partial charge >= 0.3 is 0 Å². The predicted molar refractivity (Wildman–Crippen MR) is 46.5 cm³/mol. The Kier molecular flexibility index (Phi) is 4.99. The fraction of sp³-hybridized carbons (Fsp3) is 0.875. The normalized spacial score (nSPS) is 23.6. The van der Waals surface area contributed by atoms with Crippen molar-refractivity contribution in [2.75, 3.05) is 13.1 Å². The molecule has 1 rings (SSSR count). The molecular formula is C8H18N2. The molecule has 0 aromatic heterocycles. The number of nitrogens with zero attached hydrogens (tertiary/aromatic N) is 1. The molecule has 1 atom stereocenters. The Morgan fingerprint density at radius 1 is 1.50 bits per heavy atom. The molecule has 2 nitrogen and oxygen atoms in total. The van der Waals surface area contributed by atoms with Gasteiger partial charge in [0.05, 0.1) is 5.84 Å². The lowest BCUT2D eigenvalue weighted by molar-refractivity contribution is 0.553. The summed E-state index contributed by atoms with van der Waals surface area (Å²) in [4.78, 5) is 4.22. The van der Waals surface area contributed by atoms with Crippen molar-refractivity contribution < 1.29 is 0 Å². The highest BCUT2D eigenvalue weighted by Crippen LogP contribution is 1.97. The predicted octanol–water partition coefficient (Wildman–Crippen LogP) is 1.67. The molecule has 1 aliphatic rings. The molecule has 0 saturated heterocycles. The molecule has 0 spiro atoms. The van der Waals surface area contributed by atoms with E-state index in [1.165, 1.54) is 0 Å². The van der Waals surface area contributed by atoms with E-state index >= 15 is 0 Å². The van der Waals surface area contributed by atoms with E-state index in [4.69, 9.17) is 0 Å². The number of hydrogen-bond donors (Lipinski definition) is 1. The molecule has 0 aromatic rings. The summed E-state index contributed by atoms with van der Waals surface area (Å²) < 4.78 is 0. The third-order valence-electron chi connectivity index (χ3n) is 1.35. The molecule has 1 heterocycles. The van der Waals surface area contributed by atoms with Crippen molar-refractivity contribution in [3.63, 3.8) is 0 Å². The molecule has 0 amide bonds. The highest BCUT2D eigenvalue weighted by Gasteiger charge is 2.05. The highest BCUT2D eigenvalue weighted by molar-refractivity contribution is 5.79. The summed E-state index contributed by atoms with van der Waals surface area (Å²) in [5.41, 5.74) is 0. The minimum atomic E-state index is 0.721. The maximum atomic E-state index is 4.22. The van der Waals surface area contributed by atoms with Crippen LogP contribution in [0, 0.1) is 5.92 Å². The molecule has 60 valence electrons. The van der Waals surface area contributed by atoms with Gasteiger partial charge in [0.2, 0.25) is 0 Å². The molecule has 10 heavy (non-hydrogen) atoms. The van der Waals surface area contributed by atoms with Crippen molar-refractivity contribution in [2.45, 2.75) is 27.7 Å². The van der Waals surface area contributed by atoms with E-state index in [1.807, 2.05) is 20.8 Å². The molecule has 2 heteroatoms. The maximum Gasteiger partial charge on any atom is 0.0931 e. The standard InChI is InChI=1S/C6H12N2.C2H6/c1-5-3-7-6(2)8-4-5;1-2/h5H,3-4H2,1-2H3,(H,7,8);1-2H3. The second-order valence-corrected chi connectivity index (χ2v) is 2.41. The van der Waals surface area contributed by atoms with Crippen LogP contribution in [-0.2, 0) is 0 Å². The molecule has 0 bridgehead atoms. The van der Waals surface area contributed by atoms with Crippen LogP contribution in [0.1, 0.15) is 27.7 Å². The molecule has 1 unspecified atom stereocenters. The topological polar surface area (TPSA) is 24.4 Å². The second kappa shape index (κ2) is 5.27. The van der Waals surface area contributed by atoms with Crippen LogP contribution in [0.5, 0.6) is 0 Å². The zero-order valence-electron chi connectivity index (χ0n) is 7.44. The number of nitrogens with one attached hydrogen (secondary N) is 1. The van der Waals surface area contributed by atoms with Crippen LogP contribution in [0.4, 0.5) is 0 Å². The van der Waals surface area contributed by atoms with Crippen LogP contribution in [0.15, 0.2) is 4.99 Å². The average molecular weight is 142 g/mol. The SMILES string of the molecule is CC.CC1=NCC(C)CN1. The average Bonchev–Trinajstić information content (AvgIpc) is 2.00. The lowest BCUT2D eigenvalue weighted by Gasteiger charge is -2.16. The number of hydrogen-bond acceptors (Lipinski definition) is 2. The van der Waals surface area contributed by atoms with Gasteiger partial charge in [-0.15, -0.1) is 0 Å². The van der Waals surface area contributed by atoms with Crippen LogP contribution in [-0.4, -0.2) is 18.9 Å². The smallest absolute Gasteiger partial charge is 0.0931 e. The first-order chi connectivity index (χ1) is 4.79. The minimum absolute atomic E-state index is 0.721. The largest absolute Gasteiger partial charge is 0.374 e. The third-order valence-corrected chi connectivity index (χ3v) is 1.35. The first kappa shape index (κ1) is 9.47.